The lowest BCUT2D eigenvalue weighted by atomic mass is 9.86. The van der Waals surface area contributed by atoms with E-state index in [2.05, 4.69) is 16.4 Å². The van der Waals surface area contributed by atoms with Crippen LogP contribution in [0.25, 0.3) is 17.0 Å². The third-order valence-corrected chi connectivity index (χ3v) is 8.82. The standard InChI is InChI=1S/C39H56N4O9/c1-23-26(16-14-12-13-15-24-19-30(24)50-35(46)42-31(37(2,3)4)34(45)51-38(5,6)7)32(41-28-17-18-40-21-27(23)28)49-25-20-29(33(44)48-11)43(22-25)36(47)52-39(8,9)10/h14,16-18,21,24-25,29-31H,12-13,15,19-20,22H2,1-11H3,(H,42,46)/b16-14+/t24-,25?,29+,30-,31-/m1/s1. The van der Waals surface area contributed by atoms with Crippen molar-refractivity contribution >= 4 is 41.1 Å². The summed E-state index contributed by atoms with van der Waals surface area (Å²) in [5.41, 5.74) is 0.482. The van der Waals surface area contributed by atoms with E-state index in [1.54, 1.807) is 53.9 Å². The molecule has 286 valence electrons. The van der Waals surface area contributed by atoms with Crippen molar-refractivity contribution in [1.82, 2.24) is 20.2 Å². The van der Waals surface area contributed by atoms with Gasteiger partial charge >= 0.3 is 24.1 Å². The highest BCUT2D eigenvalue weighted by Crippen LogP contribution is 2.39. The Bertz CT molecular complexity index is 1650. The molecule has 2 aromatic heterocycles. The highest BCUT2D eigenvalue weighted by Gasteiger charge is 2.44. The molecule has 1 aliphatic carbocycles. The van der Waals surface area contributed by atoms with E-state index in [0.29, 0.717) is 5.88 Å². The summed E-state index contributed by atoms with van der Waals surface area (Å²) in [5.74, 6) is -0.381. The van der Waals surface area contributed by atoms with Gasteiger partial charge in [0.25, 0.3) is 0 Å². The van der Waals surface area contributed by atoms with Gasteiger partial charge in [0, 0.05) is 29.8 Å². The van der Waals surface area contributed by atoms with E-state index in [9.17, 15) is 19.2 Å². The fourth-order valence-electron chi connectivity index (χ4n) is 6.10. The minimum absolute atomic E-state index is 0.132. The van der Waals surface area contributed by atoms with Gasteiger partial charge in [0.2, 0.25) is 5.88 Å². The van der Waals surface area contributed by atoms with Gasteiger partial charge in [-0.25, -0.2) is 24.2 Å². The summed E-state index contributed by atoms with van der Waals surface area (Å²) < 4.78 is 28.2. The average molecular weight is 725 g/mol. The van der Waals surface area contributed by atoms with Crippen LogP contribution in [0, 0.1) is 18.3 Å². The van der Waals surface area contributed by atoms with Crippen LogP contribution in [0.3, 0.4) is 0 Å². The van der Waals surface area contributed by atoms with E-state index >= 15 is 0 Å². The molecular formula is C39H56N4O9. The molecule has 3 heterocycles. The maximum Gasteiger partial charge on any atom is 0.411 e. The molecule has 0 radical (unpaired) electrons. The first-order valence-corrected chi connectivity index (χ1v) is 18.0. The van der Waals surface area contributed by atoms with Crippen molar-refractivity contribution in [2.45, 2.75) is 137 Å². The normalized spacial score (nSPS) is 21.1. The van der Waals surface area contributed by atoms with E-state index < -0.39 is 58.9 Å². The second-order valence-corrected chi connectivity index (χ2v) is 16.7. The molecule has 0 bridgehead atoms. The molecule has 1 unspecified atom stereocenters. The molecule has 13 nitrogen and oxygen atoms in total. The molecule has 4 rings (SSSR count). The summed E-state index contributed by atoms with van der Waals surface area (Å²) in [7, 11) is 1.29. The number of carbonyl (C=O) groups is 4. The number of hydrogen-bond donors (Lipinski definition) is 1. The minimum atomic E-state index is -0.846. The molecule has 2 amide bonds. The number of aryl methyl sites for hydroxylation is 1. The zero-order chi connectivity index (χ0) is 38.6. The maximum atomic E-state index is 13.0. The number of rotatable bonds is 11. The molecule has 2 aromatic rings. The largest absolute Gasteiger partial charge is 0.472 e. The fraction of sp³-hybridized carbons (Fsp3) is 0.641. The van der Waals surface area contributed by atoms with Crippen molar-refractivity contribution in [3.05, 3.63) is 35.7 Å². The number of alkyl carbamates (subject to hydrolysis) is 1. The van der Waals surface area contributed by atoms with Crippen molar-refractivity contribution < 1.29 is 42.9 Å². The van der Waals surface area contributed by atoms with E-state index in [4.69, 9.17) is 28.7 Å². The first-order chi connectivity index (χ1) is 24.2. The number of nitrogens with one attached hydrogen (secondary N) is 1. The molecule has 0 aromatic carbocycles. The minimum Gasteiger partial charge on any atom is -0.472 e. The summed E-state index contributed by atoms with van der Waals surface area (Å²) in [6.45, 7) is 18.4. The Morgan fingerprint density at radius 1 is 1.02 bits per heavy atom. The summed E-state index contributed by atoms with van der Waals surface area (Å²) in [6.07, 6.45) is 9.06. The van der Waals surface area contributed by atoms with E-state index in [1.165, 1.54) is 12.0 Å². The highest BCUT2D eigenvalue weighted by molar-refractivity contribution is 5.86. The Balaban J connectivity index is 1.37. The van der Waals surface area contributed by atoms with Gasteiger partial charge < -0.3 is 29.0 Å². The number of methoxy groups -OCH3 is 1. The van der Waals surface area contributed by atoms with Gasteiger partial charge in [-0.2, -0.15) is 0 Å². The molecule has 13 heteroatoms. The third-order valence-electron chi connectivity index (χ3n) is 8.82. The van der Waals surface area contributed by atoms with E-state index in [-0.39, 0.29) is 25.0 Å². The number of unbranched alkanes of at least 4 members (excludes halogenated alkanes) is 1. The SMILES string of the molecule is COC(=O)[C@@H]1CC(Oc2nc3ccncc3c(C)c2/C=C/CCC[C@@H]2C[C@H]2OC(=O)N[C@H](C(=O)OC(C)(C)C)C(C)(C)C)CN1C(=O)OC(C)(C)C. The molecule has 5 atom stereocenters. The smallest absolute Gasteiger partial charge is 0.411 e. The number of esters is 2. The Morgan fingerprint density at radius 3 is 2.35 bits per heavy atom. The number of fused-ring (bicyclic) bond motifs is 1. The Morgan fingerprint density at radius 2 is 1.71 bits per heavy atom. The quantitative estimate of drug-likeness (QED) is 0.146. The molecule has 2 aliphatic rings. The third kappa shape index (κ3) is 11.0. The Kier molecular flexibility index (Phi) is 12.5. The summed E-state index contributed by atoms with van der Waals surface area (Å²) in [5, 5.41) is 3.61. The van der Waals surface area contributed by atoms with E-state index in [1.807, 2.05) is 39.8 Å². The number of nitrogens with zero attached hydrogens (tertiary/aromatic N) is 3. The molecule has 1 saturated carbocycles. The summed E-state index contributed by atoms with van der Waals surface area (Å²) in [4.78, 5) is 61.6. The molecule has 1 aliphatic heterocycles. The molecule has 1 saturated heterocycles. The molecular weight excluding hydrogens is 668 g/mol. The zero-order valence-electron chi connectivity index (χ0n) is 32.5. The van der Waals surface area contributed by atoms with Crippen LogP contribution in [-0.4, -0.2) is 88.1 Å². The first-order valence-electron chi connectivity index (χ1n) is 18.0. The lowest BCUT2D eigenvalue weighted by Gasteiger charge is -2.32. The fourth-order valence-corrected chi connectivity index (χ4v) is 6.10. The topological polar surface area (TPSA) is 155 Å². The Hall–Kier alpha value is -4.42. The van der Waals surface area contributed by atoms with Crippen LogP contribution in [-0.2, 0) is 28.5 Å². The van der Waals surface area contributed by atoms with Gasteiger partial charge in [0.1, 0.15) is 35.5 Å². The van der Waals surface area contributed by atoms with Crippen LogP contribution in [0.15, 0.2) is 24.5 Å². The van der Waals surface area contributed by atoms with Crippen molar-refractivity contribution in [1.29, 1.82) is 0 Å². The maximum absolute atomic E-state index is 13.0. The molecule has 1 N–H and O–H groups in total. The van der Waals surface area contributed by atoms with Crippen molar-refractivity contribution in [2.75, 3.05) is 13.7 Å². The second-order valence-electron chi connectivity index (χ2n) is 16.7. The monoisotopic (exact) mass is 724 g/mol. The molecule has 0 spiro atoms. The number of amides is 2. The van der Waals surface area contributed by atoms with Crippen LogP contribution < -0.4 is 10.1 Å². The van der Waals surface area contributed by atoms with Crippen LogP contribution in [0.2, 0.25) is 0 Å². The summed E-state index contributed by atoms with van der Waals surface area (Å²) in [6, 6.07) is 0.128. The number of ether oxygens (including phenoxy) is 5. The summed E-state index contributed by atoms with van der Waals surface area (Å²) >= 11 is 0. The van der Waals surface area contributed by atoms with Crippen molar-refractivity contribution in [3.8, 4) is 5.88 Å². The van der Waals surface area contributed by atoms with Gasteiger partial charge in [-0.15, -0.1) is 0 Å². The number of allylic oxidation sites excluding steroid dienone is 1. The van der Waals surface area contributed by atoms with Crippen LogP contribution in [0.5, 0.6) is 5.88 Å². The molecule has 2 fully saturated rings. The Labute approximate surface area is 307 Å². The van der Waals surface area contributed by atoms with Gasteiger partial charge in [-0.3, -0.25) is 9.88 Å². The van der Waals surface area contributed by atoms with Crippen LogP contribution >= 0.6 is 0 Å². The van der Waals surface area contributed by atoms with Gasteiger partial charge in [0.15, 0.2) is 0 Å². The van der Waals surface area contributed by atoms with Crippen molar-refractivity contribution in [2.24, 2.45) is 11.3 Å². The predicted molar refractivity (Wildman–Crippen MR) is 196 cm³/mol. The van der Waals surface area contributed by atoms with Crippen molar-refractivity contribution in [3.63, 3.8) is 0 Å². The zero-order valence-corrected chi connectivity index (χ0v) is 32.5. The second kappa shape index (κ2) is 16.1. The lowest BCUT2D eigenvalue weighted by Crippen LogP contribution is -2.51. The number of likely N-dealkylation sites (tertiary alicyclic amines) is 1. The molecule has 52 heavy (non-hydrogen) atoms. The number of pyridine rings is 2. The van der Waals surface area contributed by atoms with Gasteiger partial charge in [-0.1, -0.05) is 32.9 Å². The average Bonchev–Trinajstić information content (AvgIpc) is 3.61. The number of carbonyl (C=O) groups excluding carboxylic acids is 4. The van der Waals surface area contributed by atoms with Gasteiger partial charge in [0.05, 0.1) is 19.2 Å². The first kappa shape index (κ1) is 40.4. The van der Waals surface area contributed by atoms with E-state index in [0.717, 1.165) is 47.7 Å². The van der Waals surface area contributed by atoms with Crippen LogP contribution in [0.1, 0.15) is 106 Å². The van der Waals surface area contributed by atoms with Gasteiger partial charge in [-0.05, 0) is 97.1 Å². The van der Waals surface area contributed by atoms with Crippen LogP contribution in [0.4, 0.5) is 9.59 Å². The highest BCUT2D eigenvalue weighted by atomic mass is 16.6. The predicted octanol–water partition coefficient (Wildman–Crippen LogP) is 6.92. The number of hydrogen-bond acceptors (Lipinski definition) is 11. The number of aromatic nitrogens is 2. The lowest BCUT2D eigenvalue weighted by molar-refractivity contribution is -0.160.